The fraction of sp³-hybridized carbons (Fsp3) is 0.833. The van der Waals surface area contributed by atoms with Gasteiger partial charge in [-0.2, -0.15) is 0 Å². The van der Waals surface area contributed by atoms with Crippen LogP contribution in [-0.4, -0.2) is 92.3 Å². The SMILES string of the molecule is CN=C(NCCN1CCOCC1C)N1CCC(C2(C)NC(=O)NC2=O)CC1. The molecule has 0 aromatic heterocycles. The molecule has 0 bridgehead atoms. The number of likely N-dealkylation sites (tertiary alicyclic amines) is 1. The Labute approximate surface area is 160 Å². The summed E-state index contributed by atoms with van der Waals surface area (Å²) in [5.41, 5.74) is -0.799. The average Bonchev–Trinajstić information content (AvgIpc) is 2.93. The molecular formula is C18H32N6O3. The number of rotatable bonds is 4. The van der Waals surface area contributed by atoms with Crippen molar-refractivity contribution in [3.05, 3.63) is 0 Å². The number of hydrogen-bond acceptors (Lipinski definition) is 5. The zero-order valence-corrected chi connectivity index (χ0v) is 16.6. The maximum atomic E-state index is 12.1. The average molecular weight is 380 g/mol. The Morgan fingerprint density at radius 3 is 2.67 bits per heavy atom. The van der Waals surface area contributed by atoms with Crippen molar-refractivity contribution in [3.63, 3.8) is 0 Å². The van der Waals surface area contributed by atoms with Crippen LogP contribution in [0.5, 0.6) is 0 Å². The van der Waals surface area contributed by atoms with Crippen molar-refractivity contribution >= 4 is 17.9 Å². The number of aliphatic imine (C=N–C) groups is 1. The van der Waals surface area contributed by atoms with Gasteiger partial charge < -0.3 is 20.3 Å². The molecule has 3 aliphatic rings. The zero-order chi connectivity index (χ0) is 19.4. The molecular weight excluding hydrogens is 348 g/mol. The summed E-state index contributed by atoms with van der Waals surface area (Å²) < 4.78 is 5.48. The summed E-state index contributed by atoms with van der Waals surface area (Å²) in [4.78, 5) is 32.7. The van der Waals surface area contributed by atoms with E-state index in [1.165, 1.54) is 0 Å². The number of ether oxygens (including phenoxy) is 1. The minimum Gasteiger partial charge on any atom is -0.379 e. The van der Waals surface area contributed by atoms with Gasteiger partial charge in [-0.15, -0.1) is 0 Å². The molecule has 0 saturated carbocycles. The summed E-state index contributed by atoms with van der Waals surface area (Å²) >= 11 is 0. The Bertz CT molecular complexity index is 590. The van der Waals surface area contributed by atoms with E-state index in [0.29, 0.717) is 6.04 Å². The number of imide groups is 1. The van der Waals surface area contributed by atoms with Gasteiger partial charge in [-0.25, -0.2) is 4.79 Å². The predicted octanol–water partition coefficient (Wildman–Crippen LogP) is -0.407. The highest BCUT2D eigenvalue weighted by Crippen LogP contribution is 2.30. The van der Waals surface area contributed by atoms with Crippen LogP contribution < -0.4 is 16.0 Å². The van der Waals surface area contributed by atoms with Gasteiger partial charge in [-0.3, -0.25) is 20.0 Å². The van der Waals surface area contributed by atoms with E-state index in [4.69, 9.17) is 4.74 Å². The molecule has 0 aromatic rings. The topological polar surface area (TPSA) is 98.3 Å². The van der Waals surface area contributed by atoms with Gasteiger partial charge in [0.15, 0.2) is 5.96 Å². The molecule has 3 saturated heterocycles. The van der Waals surface area contributed by atoms with E-state index < -0.39 is 5.54 Å². The van der Waals surface area contributed by atoms with Crippen molar-refractivity contribution in [2.75, 3.05) is 53.0 Å². The maximum Gasteiger partial charge on any atom is 0.322 e. The van der Waals surface area contributed by atoms with Crippen LogP contribution in [0.15, 0.2) is 4.99 Å². The lowest BCUT2D eigenvalue weighted by Gasteiger charge is -2.40. The second kappa shape index (κ2) is 8.43. The van der Waals surface area contributed by atoms with Gasteiger partial charge in [0.1, 0.15) is 5.54 Å². The van der Waals surface area contributed by atoms with Gasteiger partial charge in [0, 0.05) is 45.8 Å². The van der Waals surface area contributed by atoms with Gasteiger partial charge in [0.25, 0.3) is 5.91 Å². The van der Waals surface area contributed by atoms with Crippen molar-refractivity contribution in [2.45, 2.75) is 38.3 Å². The first-order valence-corrected chi connectivity index (χ1v) is 9.85. The van der Waals surface area contributed by atoms with E-state index in [9.17, 15) is 9.59 Å². The summed E-state index contributed by atoms with van der Waals surface area (Å²) in [6.07, 6.45) is 1.68. The zero-order valence-electron chi connectivity index (χ0n) is 16.6. The Morgan fingerprint density at radius 1 is 1.33 bits per heavy atom. The van der Waals surface area contributed by atoms with Crippen LogP contribution in [0, 0.1) is 5.92 Å². The fourth-order valence-electron chi connectivity index (χ4n) is 4.25. The monoisotopic (exact) mass is 380 g/mol. The normalized spacial score (nSPS) is 31.0. The lowest BCUT2D eigenvalue weighted by Crippen LogP contribution is -2.56. The van der Waals surface area contributed by atoms with E-state index in [0.717, 1.165) is 64.7 Å². The summed E-state index contributed by atoms with van der Waals surface area (Å²) in [6, 6.07) is 0.0616. The number of nitrogens with one attached hydrogen (secondary N) is 3. The molecule has 3 heterocycles. The number of morpholine rings is 1. The molecule has 152 valence electrons. The van der Waals surface area contributed by atoms with Crippen LogP contribution in [0.1, 0.15) is 26.7 Å². The van der Waals surface area contributed by atoms with Crippen molar-refractivity contribution in [3.8, 4) is 0 Å². The Morgan fingerprint density at radius 2 is 2.07 bits per heavy atom. The van der Waals surface area contributed by atoms with Gasteiger partial charge in [0.2, 0.25) is 0 Å². The molecule has 9 heteroatoms. The van der Waals surface area contributed by atoms with E-state index >= 15 is 0 Å². The largest absolute Gasteiger partial charge is 0.379 e. The first-order chi connectivity index (χ1) is 12.9. The Kier molecular flexibility index (Phi) is 6.21. The lowest BCUT2D eigenvalue weighted by atomic mass is 9.79. The maximum absolute atomic E-state index is 12.1. The van der Waals surface area contributed by atoms with Crippen LogP contribution >= 0.6 is 0 Å². The first kappa shape index (κ1) is 19.9. The van der Waals surface area contributed by atoms with Gasteiger partial charge >= 0.3 is 6.03 Å². The summed E-state index contributed by atoms with van der Waals surface area (Å²) in [5, 5.41) is 8.62. The smallest absolute Gasteiger partial charge is 0.322 e. The number of amides is 3. The third-order valence-electron chi connectivity index (χ3n) is 6.08. The third kappa shape index (κ3) is 4.35. The number of piperidine rings is 1. The van der Waals surface area contributed by atoms with Crippen molar-refractivity contribution in [2.24, 2.45) is 10.9 Å². The van der Waals surface area contributed by atoms with Crippen LogP contribution in [0.4, 0.5) is 4.79 Å². The van der Waals surface area contributed by atoms with E-state index in [-0.39, 0.29) is 17.9 Å². The highest BCUT2D eigenvalue weighted by molar-refractivity contribution is 6.07. The molecule has 3 aliphatic heterocycles. The summed E-state index contributed by atoms with van der Waals surface area (Å²) in [5.74, 6) is 0.819. The molecule has 27 heavy (non-hydrogen) atoms. The fourth-order valence-corrected chi connectivity index (χ4v) is 4.25. The summed E-state index contributed by atoms with van der Waals surface area (Å²) in [6.45, 7) is 10.0. The molecule has 0 aromatic carbocycles. The Balaban J connectivity index is 1.46. The third-order valence-corrected chi connectivity index (χ3v) is 6.08. The second-order valence-electron chi connectivity index (χ2n) is 7.81. The minimum atomic E-state index is -0.799. The Hall–Kier alpha value is -1.87. The van der Waals surface area contributed by atoms with Crippen LogP contribution in [0.25, 0.3) is 0 Å². The number of hydrogen-bond donors (Lipinski definition) is 3. The van der Waals surface area contributed by atoms with Crippen molar-refractivity contribution < 1.29 is 14.3 Å². The quantitative estimate of drug-likeness (QED) is 0.349. The summed E-state index contributed by atoms with van der Waals surface area (Å²) in [7, 11) is 1.80. The molecule has 0 aliphatic carbocycles. The standard InChI is InChI=1S/C18H32N6O3/c1-13-12-27-11-10-23(13)9-6-20-16(19-3)24-7-4-14(5-8-24)18(2)15(25)21-17(26)22-18/h13-14H,4-12H2,1-3H3,(H,19,20)(H2,21,22,25,26). The molecule has 0 radical (unpaired) electrons. The number of guanidine groups is 1. The van der Waals surface area contributed by atoms with Crippen LogP contribution in [0.2, 0.25) is 0 Å². The molecule has 2 unspecified atom stereocenters. The molecule has 3 fully saturated rings. The molecule has 2 atom stereocenters. The molecule has 3 N–H and O–H groups in total. The van der Waals surface area contributed by atoms with Gasteiger partial charge in [-0.05, 0) is 32.6 Å². The molecule has 3 rings (SSSR count). The minimum absolute atomic E-state index is 0.132. The van der Waals surface area contributed by atoms with Crippen LogP contribution in [0.3, 0.4) is 0 Å². The van der Waals surface area contributed by atoms with E-state index in [2.05, 4.69) is 37.7 Å². The van der Waals surface area contributed by atoms with E-state index in [1.807, 2.05) is 6.92 Å². The molecule has 0 spiro atoms. The number of nitrogens with zero attached hydrogens (tertiary/aromatic N) is 3. The van der Waals surface area contributed by atoms with Gasteiger partial charge in [-0.1, -0.05) is 0 Å². The second-order valence-corrected chi connectivity index (χ2v) is 7.81. The lowest BCUT2D eigenvalue weighted by molar-refractivity contribution is -0.125. The highest BCUT2D eigenvalue weighted by atomic mass is 16.5. The molecule has 3 amide bonds. The molecule has 9 nitrogen and oxygen atoms in total. The van der Waals surface area contributed by atoms with Crippen molar-refractivity contribution in [1.82, 2.24) is 25.8 Å². The van der Waals surface area contributed by atoms with Crippen molar-refractivity contribution in [1.29, 1.82) is 0 Å². The highest BCUT2D eigenvalue weighted by Gasteiger charge is 2.48. The first-order valence-electron chi connectivity index (χ1n) is 9.85. The number of urea groups is 1. The number of carbonyl (C=O) groups excluding carboxylic acids is 2. The van der Waals surface area contributed by atoms with Crippen LogP contribution in [-0.2, 0) is 9.53 Å². The van der Waals surface area contributed by atoms with E-state index in [1.54, 1.807) is 7.05 Å². The predicted molar refractivity (Wildman–Crippen MR) is 103 cm³/mol. The van der Waals surface area contributed by atoms with Gasteiger partial charge in [0.05, 0.1) is 13.2 Å². The number of carbonyl (C=O) groups is 2.